The van der Waals surface area contributed by atoms with Crippen LogP contribution in [0.25, 0.3) is 0 Å². The maximum atomic E-state index is 13.2. The molecule has 5 nitrogen and oxygen atoms in total. The first-order valence-corrected chi connectivity index (χ1v) is 7.48. The molecule has 0 unspecified atom stereocenters. The second kappa shape index (κ2) is 6.68. The van der Waals surface area contributed by atoms with Gasteiger partial charge in [0.25, 0.3) is 5.91 Å². The molecule has 0 saturated carbocycles. The molecule has 0 radical (unpaired) electrons. The van der Waals surface area contributed by atoms with E-state index < -0.39 is 23.2 Å². The van der Waals surface area contributed by atoms with Crippen molar-refractivity contribution in [3.63, 3.8) is 0 Å². The van der Waals surface area contributed by atoms with Crippen molar-refractivity contribution < 1.29 is 14.3 Å². The third-order valence-electron chi connectivity index (χ3n) is 3.65. The smallest absolute Gasteiger partial charge is 0.253 e. The van der Waals surface area contributed by atoms with Crippen molar-refractivity contribution >= 4 is 17.5 Å². The number of aryl methyl sites for hydroxylation is 1. The van der Waals surface area contributed by atoms with Gasteiger partial charge in [0.2, 0.25) is 0 Å². The van der Waals surface area contributed by atoms with Crippen molar-refractivity contribution in [3.8, 4) is 0 Å². The summed E-state index contributed by atoms with van der Waals surface area (Å²) >= 11 is 6.08. The number of carbonyl (C=O) groups is 1. The SMILES string of the molecule is Cn1cc([C@H](O)C(=O)NCC(C)(C)c2ccc(F)cc2Cl)cn1. The molecule has 2 N–H and O–H groups in total. The van der Waals surface area contributed by atoms with E-state index in [0.29, 0.717) is 10.6 Å². The van der Waals surface area contributed by atoms with Crippen molar-refractivity contribution in [1.82, 2.24) is 15.1 Å². The van der Waals surface area contributed by atoms with Gasteiger partial charge >= 0.3 is 0 Å². The summed E-state index contributed by atoms with van der Waals surface area (Å²) < 4.78 is 14.7. The first-order chi connectivity index (χ1) is 10.7. The van der Waals surface area contributed by atoms with Crippen molar-refractivity contribution in [3.05, 3.63) is 52.6 Å². The number of hydrogen-bond donors (Lipinski definition) is 2. The number of carbonyl (C=O) groups excluding carboxylic acids is 1. The number of benzene rings is 1. The Morgan fingerprint density at radius 1 is 1.52 bits per heavy atom. The normalized spacial score (nSPS) is 13.0. The van der Waals surface area contributed by atoms with Crippen LogP contribution in [0.2, 0.25) is 5.02 Å². The van der Waals surface area contributed by atoms with Crippen molar-refractivity contribution in [2.24, 2.45) is 7.05 Å². The molecule has 1 aromatic heterocycles. The number of rotatable bonds is 5. The number of nitrogens with one attached hydrogen (secondary N) is 1. The van der Waals surface area contributed by atoms with Gasteiger partial charge < -0.3 is 10.4 Å². The zero-order valence-electron chi connectivity index (χ0n) is 13.2. The molecule has 2 aromatic rings. The molecule has 1 heterocycles. The second-order valence-electron chi connectivity index (χ2n) is 6.08. The Morgan fingerprint density at radius 2 is 2.22 bits per heavy atom. The maximum absolute atomic E-state index is 13.2. The molecular weight excluding hydrogens is 321 g/mol. The molecule has 7 heteroatoms. The first-order valence-electron chi connectivity index (χ1n) is 7.10. The van der Waals surface area contributed by atoms with Gasteiger partial charge in [0.05, 0.1) is 6.20 Å². The van der Waals surface area contributed by atoms with Crippen LogP contribution in [0.3, 0.4) is 0 Å². The summed E-state index contributed by atoms with van der Waals surface area (Å²) in [7, 11) is 1.70. The first kappa shape index (κ1) is 17.4. The van der Waals surface area contributed by atoms with Crippen molar-refractivity contribution in [1.29, 1.82) is 0 Å². The Hall–Kier alpha value is -1.92. The largest absolute Gasteiger partial charge is 0.378 e. The van der Waals surface area contributed by atoms with Crippen LogP contribution in [0.15, 0.2) is 30.6 Å². The van der Waals surface area contributed by atoms with E-state index in [0.717, 1.165) is 5.56 Å². The van der Waals surface area contributed by atoms with E-state index in [-0.39, 0.29) is 6.54 Å². The summed E-state index contributed by atoms with van der Waals surface area (Å²) in [6.07, 6.45) is 1.72. The van der Waals surface area contributed by atoms with E-state index >= 15 is 0 Å². The average Bonchev–Trinajstić information content (AvgIpc) is 2.90. The quantitative estimate of drug-likeness (QED) is 0.878. The Kier molecular flexibility index (Phi) is 5.06. The van der Waals surface area contributed by atoms with Crippen LogP contribution < -0.4 is 5.32 Å². The van der Waals surface area contributed by atoms with Crippen LogP contribution >= 0.6 is 11.6 Å². The summed E-state index contributed by atoms with van der Waals surface area (Å²) in [5.74, 6) is -0.935. The monoisotopic (exact) mass is 339 g/mol. The molecule has 1 atom stereocenters. The minimum Gasteiger partial charge on any atom is -0.378 e. The molecule has 0 aliphatic heterocycles. The number of aromatic nitrogens is 2. The van der Waals surface area contributed by atoms with Gasteiger partial charge in [-0.1, -0.05) is 31.5 Å². The lowest BCUT2D eigenvalue weighted by molar-refractivity contribution is -0.129. The molecule has 0 fully saturated rings. The Morgan fingerprint density at radius 3 is 2.78 bits per heavy atom. The van der Waals surface area contributed by atoms with Crippen LogP contribution in [-0.4, -0.2) is 27.3 Å². The highest BCUT2D eigenvalue weighted by atomic mass is 35.5. The lowest BCUT2D eigenvalue weighted by atomic mass is 9.84. The van der Waals surface area contributed by atoms with E-state index in [2.05, 4.69) is 10.4 Å². The zero-order valence-corrected chi connectivity index (χ0v) is 13.9. The number of hydrogen-bond acceptors (Lipinski definition) is 3. The van der Waals surface area contributed by atoms with Gasteiger partial charge in [-0.05, 0) is 17.7 Å². The molecule has 124 valence electrons. The van der Waals surface area contributed by atoms with Gasteiger partial charge in [0.1, 0.15) is 5.82 Å². The predicted molar refractivity (Wildman–Crippen MR) is 85.6 cm³/mol. The van der Waals surface area contributed by atoms with Crippen LogP contribution in [0.5, 0.6) is 0 Å². The summed E-state index contributed by atoms with van der Waals surface area (Å²) in [6, 6.07) is 4.17. The third-order valence-corrected chi connectivity index (χ3v) is 3.97. The second-order valence-corrected chi connectivity index (χ2v) is 6.48. The molecule has 0 spiro atoms. The average molecular weight is 340 g/mol. The molecule has 1 aromatic carbocycles. The van der Waals surface area contributed by atoms with E-state index in [1.54, 1.807) is 19.3 Å². The van der Waals surface area contributed by atoms with Crippen LogP contribution in [0, 0.1) is 5.82 Å². The standard InChI is InChI=1S/C16H19ClFN3O2/c1-16(2,12-5-4-11(18)6-13(12)17)9-19-15(23)14(22)10-7-20-21(3)8-10/h4-8,14,22H,9H2,1-3H3,(H,19,23)/t14-/m0/s1. The van der Waals surface area contributed by atoms with Gasteiger partial charge in [-0.2, -0.15) is 5.10 Å². The molecule has 0 aliphatic rings. The van der Waals surface area contributed by atoms with E-state index in [1.165, 1.54) is 23.0 Å². The fraction of sp³-hybridized carbons (Fsp3) is 0.375. The van der Waals surface area contributed by atoms with Crippen molar-refractivity contribution in [2.75, 3.05) is 6.54 Å². The van der Waals surface area contributed by atoms with E-state index in [9.17, 15) is 14.3 Å². The van der Waals surface area contributed by atoms with E-state index in [1.807, 2.05) is 13.8 Å². The van der Waals surface area contributed by atoms with Gasteiger partial charge in [0, 0.05) is 35.8 Å². The lowest BCUT2D eigenvalue weighted by Crippen LogP contribution is -2.39. The number of nitrogens with zero attached hydrogens (tertiary/aromatic N) is 2. The van der Waals surface area contributed by atoms with E-state index in [4.69, 9.17) is 11.6 Å². The lowest BCUT2D eigenvalue weighted by Gasteiger charge is -2.27. The Labute approximate surface area is 139 Å². The molecule has 0 aliphatic carbocycles. The Balaban J connectivity index is 2.05. The number of amides is 1. The highest BCUT2D eigenvalue weighted by Gasteiger charge is 2.26. The molecular formula is C16H19ClFN3O2. The molecule has 23 heavy (non-hydrogen) atoms. The molecule has 0 bridgehead atoms. The zero-order chi connectivity index (χ0) is 17.2. The van der Waals surface area contributed by atoms with Crippen LogP contribution in [-0.2, 0) is 17.3 Å². The topological polar surface area (TPSA) is 67.2 Å². The highest BCUT2D eigenvalue weighted by molar-refractivity contribution is 6.31. The molecule has 2 rings (SSSR count). The fourth-order valence-electron chi connectivity index (χ4n) is 2.27. The predicted octanol–water partition coefficient (Wildman–Crippen LogP) is 2.34. The number of aliphatic hydroxyl groups excluding tert-OH is 1. The summed E-state index contributed by atoms with van der Waals surface area (Å²) in [4.78, 5) is 12.1. The minimum absolute atomic E-state index is 0.245. The summed E-state index contributed by atoms with van der Waals surface area (Å²) in [5.41, 5.74) is 0.620. The Bertz CT molecular complexity index is 715. The van der Waals surface area contributed by atoms with Gasteiger partial charge in [0.15, 0.2) is 6.10 Å². The fourth-order valence-corrected chi connectivity index (χ4v) is 2.69. The third kappa shape index (κ3) is 4.09. The minimum atomic E-state index is -1.29. The van der Waals surface area contributed by atoms with Gasteiger partial charge in [-0.25, -0.2) is 4.39 Å². The van der Waals surface area contributed by atoms with Crippen LogP contribution in [0.1, 0.15) is 31.1 Å². The summed E-state index contributed by atoms with van der Waals surface area (Å²) in [5, 5.41) is 16.9. The van der Waals surface area contributed by atoms with Crippen LogP contribution in [0.4, 0.5) is 4.39 Å². The molecule has 0 saturated heterocycles. The van der Waals surface area contributed by atoms with Gasteiger partial charge in [-0.15, -0.1) is 0 Å². The van der Waals surface area contributed by atoms with Crippen molar-refractivity contribution in [2.45, 2.75) is 25.4 Å². The highest BCUT2D eigenvalue weighted by Crippen LogP contribution is 2.30. The van der Waals surface area contributed by atoms with Gasteiger partial charge in [-0.3, -0.25) is 9.48 Å². The molecule has 1 amide bonds. The maximum Gasteiger partial charge on any atom is 0.253 e. The number of halogens is 2. The summed E-state index contributed by atoms with van der Waals surface area (Å²) in [6.45, 7) is 4.00. The number of aliphatic hydroxyl groups is 1.